The first-order valence-electron chi connectivity index (χ1n) is 10.3. The molecule has 4 rings (SSSR count). The zero-order valence-corrected chi connectivity index (χ0v) is 17.4. The number of benzene rings is 2. The molecule has 0 spiro atoms. The molecule has 0 saturated carbocycles. The number of rotatable bonds is 6. The van der Waals surface area contributed by atoms with Crippen molar-refractivity contribution in [2.24, 2.45) is 0 Å². The molecule has 2 aromatic carbocycles. The van der Waals surface area contributed by atoms with Crippen LogP contribution in [0.4, 0.5) is 11.4 Å². The third-order valence-electron chi connectivity index (χ3n) is 5.63. The number of aromatic hydroxyl groups is 2. The third kappa shape index (κ3) is 3.97. The van der Waals surface area contributed by atoms with E-state index < -0.39 is 11.6 Å². The van der Waals surface area contributed by atoms with Gasteiger partial charge in [0.25, 0.3) is 0 Å². The van der Waals surface area contributed by atoms with Crippen molar-refractivity contribution in [3.63, 3.8) is 0 Å². The van der Waals surface area contributed by atoms with Crippen LogP contribution in [-0.4, -0.2) is 78.5 Å². The van der Waals surface area contributed by atoms with Crippen molar-refractivity contribution in [1.29, 1.82) is 5.41 Å². The van der Waals surface area contributed by atoms with Gasteiger partial charge in [0.2, 0.25) is 11.6 Å². The van der Waals surface area contributed by atoms with E-state index in [2.05, 4.69) is 15.5 Å². The van der Waals surface area contributed by atoms with E-state index in [-0.39, 0.29) is 57.5 Å². The number of ketones is 2. The van der Waals surface area contributed by atoms with Gasteiger partial charge in [-0.1, -0.05) is 0 Å². The highest BCUT2D eigenvalue weighted by atomic mass is 16.5. The standard InChI is InChI=1S/C22H25N5O5/c23-12-1-3-14(28)19-17(12)21(30)20-15(29)4-2-13(18(20)22(19)31)26-11-16(24)25-5-6-27-7-9-32-10-8-27/h1-4,26,28-29H,5-11,23H2,(H2,24,25). The van der Waals surface area contributed by atoms with E-state index in [9.17, 15) is 19.8 Å². The van der Waals surface area contributed by atoms with Gasteiger partial charge in [0.05, 0.1) is 42.0 Å². The second kappa shape index (κ2) is 8.85. The Morgan fingerprint density at radius 3 is 2.34 bits per heavy atom. The first kappa shape index (κ1) is 21.6. The molecule has 0 amide bonds. The lowest BCUT2D eigenvalue weighted by molar-refractivity contribution is 0.0389. The molecule has 1 heterocycles. The fourth-order valence-electron chi connectivity index (χ4n) is 3.97. The Labute approximate surface area is 184 Å². The molecule has 0 radical (unpaired) electrons. The number of hydrogen-bond acceptors (Lipinski definition) is 9. The van der Waals surface area contributed by atoms with E-state index in [0.717, 1.165) is 19.6 Å². The van der Waals surface area contributed by atoms with Gasteiger partial charge in [-0.3, -0.25) is 19.9 Å². The number of anilines is 2. The molecule has 1 fully saturated rings. The number of amidine groups is 1. The van der Waals surface area contributed by atoms with Gasteiger partial charge in [0, 0.05) is 37.6 Å². The number of fused-ring (bicyclic) bond motifs is 2. The SMILES string of the molecule is N=C(CNc1ccc(O)c2c1C(=O)c1c(O)ccc(N)c1C2=O)NCCN1CCOCC1. The van der Waals surface area contributed by atoms with E-state index >= 15 is 0 Å². The number of ether oxygens (including phenoxy) is 1. The summed E-state index contributed by atoms with van der Waals surface area (Å²) < 4.78 is 5.31. The summed E-state index contributed by atoms with van der Waals surface area (Å²) >= 11 is 0. The van der Waals surface area contributed by atoms with Crippen molar-refractivity contribution in [2.75, 3.05) is 57.0 Å². The molecule has 0 atom stereocenters. The van der Waals surface area contributed by atoms with Crippen LogP contribution >= 0.6 is 0 Å². The van der Waals surface area contributed by atoms with Crippen molar-refractivity contribution in [2.45, 2.75) is 0 Å². The van der Waals surface area contributed by atoms with Crippen LogP contribution in [0.5, 0.6) is 11.5 Å². The first-order valence-corrected chi connectivity index (χ1v) is 10.3. The summed E-state index contributed by atoms with van der Waals surface area (Å²) in [4.78, 5) is 28.5. The molecular formula is C22H25N5O5. The molecule has 10 heteroatoms. The molecule has 1 saturated heterocycles. The molecular weight excluding hydrogens is 414 g/mol. The number of nitrogens with zero attached hydrogens (tertiary/aromatic N) is 1. The second-order valence-electron chi connectivity index (χ2n) is 7.68. The van der Waals surface area contributed by atoms with Crippen molar-refractivity contribution in [1.82, 2.24) is 10.2 Å². The summed E-state index contributed by atoms with van der Waals surface area (Å²) in [7, 11) is 0. The summed E-state index contributed by atoms with van der Waals surface area (Å²) in [6.45, 7) is 4.60. The zero-order chi connectivity index (χ0) is 22.8. The Bertz CT molecular complexity index is 1090. The number of nitrogens with one attached hydrogen (secondary N) is 3. The van der Waals surface area contributed by atoms with Crippen LogP contribution in [0.2, 0.25) is 0 Å². The molecule has 0 unspecified atom stereocenters. The highest BCUT2D eigenvalue weighted by Gasteiger charge is 2.37. The van der Waals surface area contributed by atoms with E-state index in [1.807, 2.05) is 0 Å². The normalized spacial score (nSPS) is 15.8. The molecule has 2 aromatic rings. The molecule has 0 aromatic heterocycles. The maximum absolute atomic E-state index is 13.2. The zero-order valence-electron chi connectivity index (χ0n) is 17.4. The number of phenols is 2. The Morgan fingerprint density at radius 1 is 1.00 bits per heavy atom. The Kier molecular flexibility index (Phi) is 5.97. The van der Waals surface area contributed by atoms with E-state index in [1.54, 1.807) is 0 Å². The van der Waals surface area contributed by atoms with E-state index in [4.69, 9.17) is 15.9 Å². The van der Waals surface area contributed by atoms with Crippen LogP contribution in [0.25, 0.3) is 0 Å². The Balaban J connectivity index is 1.49. The molecule has 1 aliphatic carbocycles. The average Bonchev–Trinajstić information content (AvgIpc) is 2.78. The largest absolute Gasteiger partial charge is 0.507 e. The maximum atomic E-state index is 13.2. The predicted octanol–water partition coefficient (Wildman–Crippen LogP) is 0.766. The summed E-state index contributed by atoms with van der Waals surface area (Å²) in [5.41, 5.74) is 5.68. The van der Waals surface area contributed by atoms with E-state index in [1.165, 1.54) is 24.3 Å². The Morgan fingerprint density at radius 2 is 1.62 bits per heavy atom. The van der Waals surface area contributed by atoms with Crippen LogP contribution in [0.3, 0.4) is 0 Å². The number of carbonyl (C=O) groups excluding carboxylic acids is 2. The summed E-state index contributed by atoms with van der Waals surface area (Å²) in [5.74, 6) is -1.75. The van der Waals surface area contributed by atoms with Gasteiger partial charge in [-0.05, 0) is 24.3 Å². The smallest absolute Gasteiger partial charge is 0.200 e. The lowest BCUT2D eigenvalue weighted by atomic mass is 9.81. The molecule has 32 heavy (non-hydrogen) atoms. The van der Waals surface area contributed by atoms with E-state index in [0.29, 0.717) is 19.8 Å². The fraction of sp³-hybridized carbons (Fsp3) is 0.318. The van der Waals surface area contributed by atoms with Crippen LogP contribution in [0.15, 0.2) is 24.3 Å². The monoisotopic (exact) mass is 439 g/mol. The lowest BCUT2D eigenvalue weighted by Gasteiger charge is -2.26. The topological polar surface area (TPSA) is 161 Å². The van der Waals surface area contributed by atoms with Gasteiger partial charge < -0.3 is 31.3 Å². The van der Waals surface area contributed by atoms with Gasteiger partial charge in [-0.25, -0.2) is 0 Å². The minimum absolute atomic E-state index is 0.0470. The van der Waals surface area contributed by atoms with Crippen LogP contribution < -0.4 is 16.4 Å². The fourth-order valence-corrected chi connectivity index (χ4v) is 3.97. The maximum Gasteiger partial charge on any atom is 0.200 e. The van der Waals surface area contributed by atoms with Gasteiger partial charge >= 0.3 is 0 Å². The van der Waals surface area contributed by atoms with Gasteiger partial charge in [-0.15, -0.1) is 0 Å². The summed E-state index contributed by atoms with van der Waals surface area (Å²) in [5, 5.41) is 34.7. The lowest BCUT2D eigenvalue weighted by Crippen LogP contribution is -2.42. The van der Waals surface area contributed by atoms with Gasteiger partial charge in [-0.2, -0.15) is 0 Å². The van der Waals surface area contributed by atoms with Gasteiger partial charge in [0.15, 0.2) is 0 Å². The van der Waals surface area contributed by atoms with Crippen LogP contribution in [0.1, 0.15) is 31.8 Å². The highest BCUT2D eigenvalue weighted by Crippen LogP contribution is 2.41. The molecule has 0 bridgehead atoms. The first-order chi connectivity index (χ1) is 15.4. The second-order valence-corrected chi connectivity index (χ2v) is 7.68. The summed E-state index contributed by atoms with van der Waals surface area (Å²) in [6.07, 6.45) is 0. The molecule has 168 valence electrons. The number of morpholine rings is 1. The Hall–Kier alpha value is -3.63. The molecule has 10 nitrogen and oxygen atoms in total. The number of phenolic OH excluding ortho intramolecular Hbond substituents is 2. The minimum Gasteiger partial charge on any atom is -0.507 e. The third-order valence-corrected chi connectivity index (χ3v) is 5.63. The molecule has 7 N–H and O–H groups in total. The average molecular weight is 439 g/mol. The number of nitrogen functional groups attached to an aromatic ring is 1. The quantitative estimate of drug-likeness (QED) is 0.141. The number of hydrogen-bond donors (Lipinski definition) is 6. The van der Waals surface area contributed by atoms with Crippen molar-refractivity contribution in [3.05, 3.63) is 46.5 Å². The molecule has 1 aliphatic heterocycles. The van der Waals surface area contributed by atoms with Crippen LogP contribution in [-0.2, 0) is 4.74 Å². The number of carbonyl (C=O) groups is 2. The van der Waals surface area contributed by atoms with Crippen molar-refractivity contribution < 1.29 is 24.5 Å². The highest BCUT2D eigenvalue weighted by molar-refractivity contribution is 6.33. The van der Waals surface area contributed by atoms with Crippen LogP contribution in [0, 0.1) is 5.41 Å². The number of nitrogens with two attached hydrogens (primary N) is 1. The molecule has 2 aliphatic rings. The summed E-state index contributed by atoms with van der Waals surface area (Å²) in [6, 6.07) is 5.38. The van der Waals surface area contributed by atoms with Crippen molar-refractivity contribution >= 4 is 28.8 Å². The van der Waals surface area contributed by atoms with Gasteiger partial charge in [0.1, 0.15) is 17.3 Å². The van der Waals surface area contributed by atoms with Crippen molar-refractivity contribution in [3.8, 4) is 11.5 Å². The minimum atomic E-state index is -0.636. The predicted molar refractivity (Wildman–Crippen MR) is 119 cm³/mol.